The molecule has 0 heterocycles. The maximum atomic E-state index is 12.8. The Balaban J connectivity index is 0. The molecular formula is C16H29Cl2N3O. The van der Waals surface area contributed by atoms with Crippen molar-refractivity contribution in [1.29, 1.82) is 0 Å². The summed E-state index contributed by atoms with van der Waals surface area (Å²) in [6, 6.07) is 9.85. The van der Waals surface area contributed by atoms with Crippen molar-refractivity contribution >= 4 is 30.7 Å². The average molecular weight is 350 g/mol. The molecule has 1 rings (SSSR count). The zero-order valence-corrected chi connectivity index (χ0v) is 15.5. The van der Waals surface area contributed by atoms with Crippen LogP contribution in [0.5, 0.6) is 0 Å². The van der Waals surface area contributed by atoms with E-state index in [2.05, 4.69) is 24.1 Å². The van der Waals surface area contributed by atoms with Crippen LogP contribution in [0.15, 0.2) is 30.3 Å². The third-order valence-corrected chi connectivity index (χ3v) is 3.60. The highest BCUT2D eigenvalue weighted by Gasteiger charge is 2.27. The van der Waals surface area contributed by atoms with E-state index in [-0.39, 0.29) is 36.8 Å². The van der Waals surface area contributed by atoms with Gasteiger partial charge in [-0.25, -0.2) is 0 Å². The summed E-state index contributed by atoms with van der Waals surface area (Å²) in [5.74, 6) is 0.162. The molecule has 0 bridgehead atoms. The topological polar surface area (TPSA) is 35.6 Å². The predicted molar refractivity (Wildman–Crippen MR) is 98.2 cm³/mol. The van der Waals surface area contributed by atoms with Crippen molar-refractivity contribution in [2.75, 3.05) is 40.3 Å². The molecule has 1 atom stereocenters. The molecule has 0 aliphatic heterocycles. The third-order valence-electron chi connectivity index (χ3n) is 3.60. The summed E-state index contributed by atoms with van der Waals surface area (Å²) in [5.41, 5.74) is 1.07. The van der Waals surface area contributed by atoms with E-state index in [1.807, 2.05) is 49.3 Å². The molecule has 0 radical (unpaired) electrons. The molecule has 1 amide bonds. The number of halogens is 2. The molecule has 128 valence electrons. The van der Waals surface area contributed by atoms with Crippen LogP contribution in [0.1, 0.15) is 25.5 Å². The van der Waals surface area contributed by atoms with Crippen LogP contribution in [0.25, 0.3) is 0 Å². The summed E-state index contributed by atoms with van der Waals surface area (Å²) < 4.78 is 0. The second-order valence-electron chi connectivity index (χ2n) is 4.90. The van der Waals surface area contributed by atoms with Gasteiger partial charge in [0.2, 0.25) is 5.91 Å². The maximum Gasteiger partial charge on any atom is 0.244 e. The van der Waals surface area contributed by atoms with Gasteiger partial charge in [0.1, 0.15) is 6.04 Å². The Hall–Kier alpha value is -0.810. The van der Waals surface area contributed by atoms with Gasteiger partial charge in [-0.15, -0.1) is 24.8 Å². The highest BCUT2D eigenvalue weighted by Crippen LogP contribution is 2.22. The number of nitrogens with zero attached hydrogens (tertiary/aromatic N) is 2. The molecule has 0 aliphatic carbocycles. The van der Waals surface area contributed by atoms with E-state index in [0.717, 1.165) is 31.7 Å². The van der Waals surface area contributed by atoms with Crippen molar-refractivity contribution in [2.24, 2.45) is 0 Å². The number of likely N-dealkylation sites (N-methyl/N-ethyl adjacent to an activating group) is 3. The zero-order valence-electron chi connectivity index (χ0n) is 13.9. The van der Waals surface area contributed by atoms with Gasteiger partial charge < -0.3 is 10.2 Å². The summed E-state index contributed by atoms with van der Waals surface area (Å²) in [4.78, 5) is 16.8. The Bertz CT molecular complexity index is 400. The molecule has 0 saturated carbocycles. The lowest BCUT2D eigenvalue weighted by molar-refractivity contribution is -0.135. The van der Waals surface area contributed by atoms with Gasteiger partial charge in [-0.1, -0.05) is 44.2 Å². The molecule has 4 nitrogen and oxygen atoms in total. The van der Waals surface area contributed by atoms with Crippen LogP contribution in [-0.4, -0.2) is 56.0 Å². The number of carbonyl (C=O) groups is 1. The van der Waals surface area contributed by atoms with Gasteiger partial charge >= 0.3 is 0 Å². The van der Waals surface area contributed by atoms with Crippen molar-refractivity contribution in [3.63, 3.8) is 0 Å². The fraction of sp³-hybridized carbons (Fsp3) is 0.562. The number of rotatable bonds is 8. The van der Waals surface area contributed by atoms with Gasteiger partial charge in [-0.2, -0.15) is 0 Å². The Morgan fingerprint density at radius 1 is 1.14 bits per heavy atom. The van der Waals surface area contributed by atoms with Crippen LogP contribution in [-0.2, 0) is 4.79 Å². The first-order chi connectivity index (χ1) is 9.65. The van der Waals surface area contributed by atoms with Crippen LogP contribution in [0.3, 0.4) is 0 Å². The van der Waals surface area contributed by atoms with Gasteiger partial charge in [0.05, 0.1) is 0 Å². The largest absolute Gasteiger partial charge is 0.343 e. The van der Waals surface area contributed by atoms with Crippen molar-refractivity contribution < 1.29 is 4.79 Å². The first-order valence-corrected chi connectivity index (χ1v) is 7.34. The van der Waals surface area contributed by atoms with Gasteiger partial charge in [0.25, 0.3) is 0 Å². The molecule has 1 aromatic carbocycles. The zero-order chi connectivity index (χ0) is 15.0. The van der Waals surface area contributed by atoms with E-state index in [9.17, 15) is 4.79 Å². The maximum absolute atomic E-state index is 12.8. The molecule has 0 aliphatic rings. The number of hydrogen-bond acceptors (Lipinski definition) is 3. The first kappa shape index (κ1) is 23.5. The molecule has 22 heavy (non-hydrogen) atoms. The summed E-state index contributed by atoms with van der Waals surface area (Å²) in [7, 11) is 3.77. The molecule has 6 heteroatoms. The summed E-state index contributed by atoms with van der Waals surface area (Å²) in [6.45, 7) is 7.45. The van der Waals surface area contributed by atoms with E-state index < -0.39 is 0 Å². The average Bonchev–Trinajstić information content (AvgIpc) is 2.50. The second-order valence-corrected chi connectivity index (χ2v) is 4.90. The summed E-state index contributed by atoms with van der Waals surface area (Å²) >= 11 is 0. The standard InChI is InChI=1S/C16H27N3O.2ClH/c1-5-19(6-2)15(14-10-8-7-9-11-14)16(20)18(4)13-12-17-3;;/h7-11,15,17H,5-6,12-13H2,1-4H3;2*1H. The van der Waals surface area contributed by atoms with Gasteiger partial charge in [0, 0.05) is 20.1 Å². The Labute approximate surface area is 147 Å². The summed E-state index contributed by atoms with van der Waals surface area (Å²) in [5, 5.41) is 3.08. The quantitative estimate of drug-likeness (QED) is 0.783. The SMILES string of the molecule is CCN(CC)C(C(=O)N(C)CCNC)c1ccccc1.Cl.Cl. The number of benzene rings is 1. The molecule has 0 fully saturated rings. The first-order valence-electron chi connectivity index (χ1n) is 7.34. The van der Waals surface area contributed by atoms with E-state index in [1.54, 1.807) is 0 Å². The van der Waals surface area contributed by atoms with Crippen LogP contribution in [0, 0.1) is 0 Å². The summed E-state index contributed by atoms with van der Waals surface area (Å²) in [6.07, 6.45) is 0. The van der Waals surface area contributed by atoms with Gasteiger partial charge in [-0.3, -0.25) is 9.69 Å². The smallest absolute Gasteiger partial charge is 0.244 e. The third kappa shape index (κ3) is 6.53. The molecule has 0 saturated heterocycles. The minimum atomic E-state index is -0.187. The second kappa shape index (κ2) is 12.7. The monoisotopic (exact) mass is 349 g/mol. The minimum absolute atomic E-state index is 0. The van der Waals surface area contributed by atoms with Crippen molar-refractivity contribution in [3.8, 4) is 0 Å². The number of carbonyl (C=O) groups excluding carboxylic acids is 1. The van der Waals surface area contributed by atoms with Crippen LogP contribution in [0.2, 0.25) is 0 Å². The Morgan fingerprint density at radius 2 is 1.68 bits per heavy atom. The molecule has 1 unspecified atom stereocenters. The van der Waals surface area contributed by atoms with Crippen LogP contribution < -0.4 is 5.32 Å². The lowest BCUT2D eigenvalue weighted by Crippen LogP contribution is -2.43. The van der Waals surface area contributed by atoms with E-state index in [4.69, 9.17) is 0 Å². The lowest BCUT2D eigenvalue weighted by Gasteiger charge is -2.32. The van der Waals surface area contributed by atoms with Crippen molar-refractivity contribution in [2.45, 2.75) is 19.9 Å². The minimum Gasteiger partial charge on any atom is -0.343 e. The molecule has 1 aromatic rings. The normalized spacial score (nSPS) is 11.3. The molecular weight excluding hydrogens is 321 g/mol. The van der Waals surface area contributed by atoms with E-state index in [1.165, 1.54) is 0 Å². The van der Waals surface area contributed by atoms with Crippen LogP contribution >= 0.6 is 24.8 Å². The van der Waals surface area contributed by atoms with Gasteiger partial charge in [-0.05, 0) is 25.7 Å². The molecule has 0 spiro atoms. The lowest BCUT2D eigenvalue weighted by atomic mass is 10.0. The highest BCUT2D eigenvalue weighted by molar-refractivity contribution is 5.85. The predicted octanol–water partition coefficient (Wildman–Crippen LogP) is 2.59. The molecule has 1 N–H and O–H groups in total. The fourth-order valence-corrected chi connectivity index (χ4v) is 2.33. The van der Waals surface area contributed by atoms with Crippen molar-refractivity contribution in [1.82, 2.24) is 15.1 Å². The number of nitrogens with one attached hydrogen (secondary N) is 1. The number of hydrogen-bond donors (Lipinski definition) is 1. The van der Waals surface area contributed by atoms with E-state index in [0.29, 0.717) is 0 Å². The Morgan fingerprint density at radius 3 is 2.14 bits per heavy atom. The number of amides is 1. The highest BCUT2D eigenvalue weighted by atomic mass is 35.5. The Kier molecular flexibility index (Phi) is 13.5. The molecule has 0 aromatic heterocycles. The van der Waals surface area contributed by atoms with Crippen molar-refractivity contribution in [3.05, 3.63) is 35.9 Å². The van der Waals surface area contributed by atoms with Gasteiger partial charge in [0.15, 0.2) is 0 Å². The van der Waals surface area contributed by atoms with Crippen LogP contribution in [0.4, 0.5) is 0 Å². The fourth-order valence-electron chi connectivity index (χ4n) is 2.33. The van der Waals surface area contributed by atoms with E-state index >= 15 is 0 Å².